The highest BCUT2D eigenvalue weighted by atomic mass is 127. The van der Waals surface area contributed by atoms with Crippen LogP contribution in [0, 0.1) is 6.92 Å². The molecule has 0 saturated carbocycles. The number of hydrogen-bond acceptors (Lipinski definition) is 4. The van der Waals surface area contributed by atoms with Gasteiger partial charge in [0.2, 0.25) is 10.0 Å². The van der Waals surface area contributed by atoms with E-state index in [-0.39, 0.29) is 35.4 Å². The molecule has 0 atom stereocenters. The highest BCUT2D eigenvalue weighted by molar-refractivity contribution is 14.0. The van der Waals surface area contributed by atoms with Gasteiger partial charge in [-0.05, 0) is 32.4 Å². The molecule has 0 fully saturated rings. The quantitative estimate of drug-likeness (QED) is 0.203. The molecule has 25 heavy (non-hydrogen) atoms. The second-order valence-corrected chi connectivity index (χ2v) is 7.01. The van der Waals surface area contributed by atoms with Crippen molar-refractivity contribution in [3.63, 3.8) is 0 Å². The lowest BCUT2D eigenvalue weighted by molar-refractivity contribution is 0.197. The maximum absolute atomic E-state index is 12.2. The molecule has 3 N–H and O–H groups in total. The van der Waals surface area contributed by atoms with E-state index in [1.54, 1.807) is 31.4 Å². The van der Waals surface area contributed by atoms with Crippen LogP contribution in [0.25, 0.3) is 0 Å². The molecule has 0 bridgehead atoms. The van der Waals surface area contributed by atoms with Crippen LogP contribution < -0.4 is 15.4 Å². The molecule has 0 saturated heterocycles. The minimum Gasteiger partial charge on any atom is -0.385 e. The molecule has 1 aromatic carbocycles. The third-order valence-electron chi connectivity index (χ3n) is 3.16. The van der Waals surface area contributed by atoms with Crippen LogP contribution in [0.2, 0.25) is 0 Å². The summed E-state index contributed by atoms with van der Waals surface area (Å²) in [5.41, 5.74) is 1.02. The predicted molar refractivity (Wildman–Crippen MR) is 112 cm³/mol. The van der Waals surface area contributed by atoms with Gasteiger partial charge in [0.05, 0.1) is 4.90 Å². The summed E-state index contributed by atoms with van der Waals surface area (Å²) >= 11 is 0. The van der Waals surface area contributed by atoms with Gasteiger partial charge in [-0.3, -0.25) is 4.99 Å². The number of ether oxygens (including phenoxy) is 1. The molecule has 1 aromatic rings. The fraction of sp³-hybridized carbons (Fsp3) is 0.562. The smallest absolute Gasteiger partial charge is 0.240 e. The fourth-order valence-corrected chi connectivity index (χ4v) is 2.94. The van der Waals surface area contributed by atoms with Crippen molar-refractivity contribution in [3.05, 3.63) is 29.8 Å². The zero-order chi connectivity index (χ0) is 17.8. The van der Waals surface area contributed by atoms with Gasteiger partial charge in [-0.25, -0.2) is 13.1 Å². The van der Waals surface area contributed by atoms with E-state index in [9.17, 15) is 8.42 Å². The lowest BCUT2D eigenvalue weighted by Gasteiger charge is -2.12. The van der Waals surface area contributed by atoms with Crippen LogP contribution in [0.5, 0.6) is 0 Å². The number of benzene rings is 1. The number of rotatable bonds is 10. The number of sulfonamides is 1. The highest BCUT2D eigenvalue weighted by Gasteiger charge is 2.12. The Morgan fingerprint density at radius 1 is 1.16 bits per heavy atom. The van der Waals surface area contributed by atoms with E-state index >= 15 is 0 Å². The molecular weight excluding hydrogens is 455 g/mol. The van der Waals surface area contributed by atoms with Crippen LogP contribution in [-0.2, 0) is 14.8 Å². The molecule has 9 heteroatoms. The molecule has 0 radical (unpaired) electrons. The van der Waals surface area contributed by atoms with Gasteiger partial charge in [0, 0.05) is 39.9 Å². The van der Waals surface area contributed by atoms with Gasteiger partial charge in [-0.15, -0.1) is 24.0 Å². The number of guanidine groups is 1. The van der Waals surface area contributed by atoms with Crippen molar-refractivity contribution in [2.24, 2.45) is 4.99 Å². The van der Waals surface area contributed by atoms with Gasteiger partial charge >= 0.3 is 0 Å². The van der Waals surface area contributed by atoms with Crippen molar-refractivity contribution >= 4 is 40.0 Å². The summed E-state index contributed by atoms with van der Waals surface area (Å²) in [7, 11) is -1.82. The van der Waals surface area contributed by atoms with Crippen molar-refractivity contribution in [2.75, 3.05) is 39.9 Å². The number of methoxy groups -OCH3 is 1. The van der Waals surface area contributed by atoms with Gasteiger partial charge in [-0.1, -0.05) is 17.7 Å². The third-order valence-corrected chi connectivity index (χ3v) is 4.64. The van der Waals surface area contributed by atoms with Crippen molar-refractivity contribution in [1.29, 1.82) is 0 Å². The van der Waals surface area contributed by atoms with Crippen LogP contribution in [0.4, 0.5) is 0 Å². The minimum atomic E-state index is -3.48. The van der Waals surface area contributed by atoms with E-state index in [2.05, 4.69) is 20.3 Å². The molecule has 7 nitrogen and oxygen atoms in total. The van der Waals surface area contributed by atoms with Crippen molar-refractivity contribution in [3.8, 4) is 0 Å². The lowest BCUT2D eigenvalue weighted by Crippen LogP contribution is -2.41. The Hall–Kier alpha value is -0.910. The molecule has 0 heterocycles. The summed E-state index contributed by atoms with van der Waals surface area (Å²) in [6.45, 7) is 6.68. The maximum Gasteiger partial charge on any atom is 0.240 e. The fourth-order valence-electron chi connectivity index (χ4n) is 1.91. The topological polar surface area (TPSA) is 91.8 Å². The van der Waals surface area contributed by atoms with Gasteiger partial charge in [-0.2, -0.15) is 0 Å². The van der Waals surface area contributed by atoms with Crippen molar-refractivity contribution in [2.45, 2.75) is 25.2 Å². The van der Waals surface area contributed by atoms with Gasteiger partial charge in [0.15, 0.2) is 5.96 Å². The summed E-state index contributed by atoms with van der Waals surface area (Å²) < 4.78 is 31.9. The standard InChI is InChI=1S/C16H28N4O3S.HI/c1-4-17-16(18-10-5-13-23-3)19-11-12-20-24(21,22)15-8-6-14(2)7-9-15;/h6-9,20H,4-5,10-13H2,1-3H3,(H2,17,18,19);1H. The number of halogens is 1. The number of aryl methyl sites for hydroxylation is 1. The number of nitrogens with one attached hydrogen (secondary N) is 3. The normalized spacial score (nSPS) is 11.7. The average molecular weight is 484 g/mol. The first-order valence-electron chi connectivity index (χ1n) is 8.07. The molecule has 0 unspecified atom stereocenters. The van der Waals surface area contributed by atoms with Crippen molar-refractivity contribution in [1.82, 2.24) is 15.4 Å². The zero-order valence-corrected chi connectivity index (χ0v) is 18.2. The van der Waals surface area contributed by atoms with Gasteiger partial charge in [0.1, 0.15) is 0 Å². The third kappa shape index (κ3) is 9.97. The number of nitrogens with zero attached hydrogens (tertiary/aromatic N) is 1. The Bertz CT molecular complexity index is 606. The van der Waals surface area contributed by atoms with Crippen LogP contribution in [0.1, 0.15) is 18.9 Å². The van der Waals surface area contributed by atoms with Gasteiger partial charge < -0.3 is 15.4 Å². The van der Waals surface area contributed by atoms with Crippen LogP contribution in [-0.4, -0.2) is 54.3 Å². The second kappa shape index (κ2) is 13.3. The first-order chi connectivity index (χ1) is 11.5. The lowest BCUT2D eigenvalue weighted by atomic mass is 10.2. The zero-order valence-electron chi connectivity index (χ0n) is 15.0. The van der Waals surface area contributed by atoms with Crippen LogP contribution >= 0.6 is 24.0 Å². The van der Waals surface area contributed by atoms with E-state index in [0.717, 1.165) is 18.5 Å². The van der Waals surface area contributed by atoms with E-state index in [1.807, 2.05) is 13.8 Å². The Balaban J connectivity index is 0.00000576. The molecule has 0 spiro atoms. The average Bonchev–Trinajstić information content (AvgIpc) is 2.55. The summed E-state index contributed by atoms with van der Waals surface area (Å²) in [4.78, 5) is 4.66. The summed E-state index contributed by atoms with van der Waals surface area (Å²) in [6.07, 6.45) is 0.840. The van der Waals surface area contributed by atoms with Crippen LogP contribution in [0.15, 0.2) is 34.2 Å². The Morgan fingerprint density at radius 2 is 1.84 bits per heavy atom. The SMILES string of the molecule is CCNC(=NCCCOC)NCCNS(=O)(=O)c1ccc(C)cc1.I. The summed E-state index contributed by atoms with van der Waals surface area (Å²) in [6, 6.07) is 6.77. The Labute approximate surface area is 168 Å². The first kappa shape index (κ1) is 24.1. The Kier molecular flexibility index (Phi) is 12.8. The molecule has 144 valence electrons. The predicted octanol–water partition coefficient (Wildman–Crippen LogP) is 1.48. The minimum absolute atomic E-state index is 0. The molecule has 0 aliphatic heterocycles. The van der Waals surface area contributed by atoms with Crippen molar-refractivity contribution < 1.29 is 13.2 Å². The largest absolute Gasteiger partial charge is 0.385 e. The maximum atomic E-state index is 12.2. The second-order valence-electron chi connectivity index (χ2n) is 5.24. The van der Waals surface area contributed by atoms with E-state index < -0.39 is 10.0 Å². The highest BCUT2D eigenvalue weighted by Crippen LogP contribution is 2.09. The first-order valence-corrected chi connectivity index (χ1v) is 9.55. The monoisotopic (exact) mass is 484 g/mol. The molecule has 0 aliphatic rings. The number of aliphatic imine (C=N–C) groups is 1. The Morgan fingerprint density at radius 3 is 2.44 bits per heavy atom. The molecule has 0 aliphatic carbocycles. The van der Waals surface area contributed by atoms with E-state index in [1.165, 1.54) is 0 Å². The summed E-state index contributed by atoms with van der Waals surface area (Å²) in [5.74, 6) is 0.670. The van der Waals surface area contributed by atoms with Crippen LogP contribution in [0.3, 0.4) is 0 Å². The summed E-state index contributed by atoms with van der Waals surface area (Å²) in [5, 5.41) is 6.22. The molecule has 0 amide bonds. The van der Waals surface area contributed by atoms with Gasteiger partial charge in [0.25, 0.3) is 0 Å². The van der Waals surface area contributed by atoms with E-state index in [4.69, 9.17) is 4.74 Å². The molecular formula is C16H29IN4O3S. The molecule has 0 aromatic heterocycles. The van der Waals surface area contributed by atoms with E-state index in [0.29, 0.717) is 25.7 Å². The number of hydrogen-bond donors (Lipinski definition) is 3. The molecule has 1 rings (SSSR count).